The lowest BCUT2D eigenvalue weighted by Crippen LogP contribution is -2.45. The zero-order chi connectivity index (χ0) is 47.8. The molecule has 2 N–H and O–H groups in total. The fourth-order valence-electron chi connectivity index (χ4n) is 7.89. The number of phosphoric acid groups is 1. The molecule has 0 aliphatic carbocycles. The molecule has 0 aliphatic rings. The molecular formula is C56H107N2O6P. The van der Waals surface area contributed by atoms with E-state index in [1.807, 2.05) is 27.2 Å². The van der Waals surface area contributed by atoms with Gasteiger partial charge in [0.1, 0.15) is 13.2 Å². The summed E-state index contributed by atoms with van der Waals surface area (Å²) in [6.07, 6.45) is 62.2. The van der Waals surface area contributed by atoms with Gasteiger partial charge in [-0.1, -0.05) is 229 Å². The SMILES string of the molecule is CCC/C=C/CC/C=C/CC/C=C/C(O)C(COP(=O)([O-])OCC[N+](C)(C)C)NC(=O)CCCCCCCCCCCCCCCCCC/C=C\CCCCCCCCCCCCCC. The van der Waals surface area contributed by atoms with Gasteiger partial charge in [-0.15, -0.1) is 0 Å². The van der Waals surface area contributed by atoms with Crippen LogP contribution in [0, 0.1) is 0 Å². The lowest BCUT2D eigenvalue weighted by molar-refractivity contribution is -0.870. The largest absolute Gasteiger partial charge is 0.756 e. The van der Waals surface area contributed by atoms with E-state index in [2.05, 4.69) is 55.6 Å². The number of nitrogens with zero attached hydrogens (tertiary/aromatic N) is 1. The molecule has 0 aromatic rings. The number of hydrogen-bond donors (Lipinski definition) is 2. The van der Waals surface area contributed by atoms with Crippen molar-refractivity contribution in [2.75, 3.05) is 40.9 Å². The van der Waals surface area contributed by atoms with Crippen LogP contribution in [0.25, 0.3) is 0 Å². The molecule has 0 bridgehead atoms. The van der Waals surface area contributed by atoms with Gasteiger partial charge >= 0.3 is 0 Å². The number of rotatable bonds is 50. The van der Waals surface area contributed by atoms with Crippen LogP contribution in [0.15, 0.2) is 48.6 Å². The maximum absolute atomic E-state index is 12.9. The van der Waals surface area contributed by atoms with Gasteiger partial charge in [-0.25, -0.2) is 0 Å². The number of hydrogen-bond acceptors (Lipinski definition) is 6. The van der Waals surface area contributed by atoms with Crippen molar-refractivity contribution in [2.24, 2.45) is 0 Å². The van der Waals surface area contributed by atoms with Crippen molar-refractivity contribution in [3.8, 4) is 0 Å². The number of aliphatic hydroxyl groups is 1. The monoisotopic (exact) mass is 935 g/mol. The van der Waals surface area contributed by atoms with Crippen LogP contribution in [-0.2, 0) is 18.4 Å². The summed E-state index contributed by atoms with van der Waals surface area (Å²) in [6.45, 7) is 4.55. The van der Waals surface area contributed by atoms with Crippen molar-refractivity contribution < 1.29 is 32.9 Å². The first-order valence-corrected chi connectivity index (χ1v) is 29.0. The maximum atomic E-state index is 12.9. The van der Waals surface area contributed by atoms with E-state index < -0.39 is 26.6 Å². The van der Waals surface area contributed by atoms with Gasteiger partial charge in [0.25, 0.3) is 7.82 Å². The van der Waals surface area contributed by atoms with Crippen LogP contribution in [0.5, 0.6) is 0 Å². The smallest absolute Gasteiger partial charge is 0.268 e. The average Bonchev–Trinajstić information content (AvgIpc) is 3.26. The van der Waals surface area contributed by atoms with Gasteiger partial charge in [0.15, 0.2) is 0 Å². The number of carbonyl (C=O) groups excluding carboxylic acids is 1. The third-order valence-electron chi connectivity index (χ3n) is 12.2. The number of phosphoric ester groups is 1. The minimum absolute atomic E-state index is 0.00924. The first-order valence-electron chi connectivity index (χ1n) is 27.5. The van der Waals surface area contributed by atoms with Crippen LogP contribution < -0.4 is 10.2 Å². The average molecular weight is 935 g/mol. The Morgan fingerprint density at radius 3 is 1.31 bits per heavy atom. The molecule has 0 aromatic carbocycles. The van der Waals surface area contributed by atoms with E-state index >= 15 is 0 Å². The van der Waals surface area contributed by atoms with Crippen molar-refractivity contribution in [2.45, 2.75) is 264 Å². The topological polar surface area (TPSA) is 108 Å². The highest BCUT2D eigenvalue weighted by Gasteiger charge is 2.23. The third-order valence-corrected chi connectivity index (χ3v) is 13.2. The summed E-state index contributed by atoms with van der Waals surface area (Å²) < 4.78 is 23.2. The minimum Gasteiger partial charge on any atom is -0.756 e. The van der Waals surface area contributed by atoms with Crippen LogP contribution in [-0.4, -0.2) is 68.5 Å². The highest BCUT2D eigenvalue weighted by atomic mass is 31.2. The maximum Gasteiger partial charge on any atom is 0.268 e. The lowest BCUT2D eigenvalue weighted by atomic mass is 10.0. The van der Waals surface area contributed by atoms with Crippen molar-refractivity contribution >= 4 is 13.7 Å². The Labute approximate surface area is 403 Å². The van der Waals surface area contributed by atoms with E-state index in [9.17, 15) is 19.4 Å². The number of aliphatic hydroxyl groups excluding tert-OH is 1. The summed E-state index contributed by atoms with van der Waals surface area (Å²) in [4.78, 5) is 25.4. The van der Waals surface area contributed by atoms with E-state index in [-0.39, 0.29) is 12.5 Å². The summed E-state index contributed by atoms with van der Waals surface area (Å²) in [7, 11) is 1.24. The molecule has 382 valence electrons. The number of carbonyl (C=O) groups is 1. The van der Waals surface area contributed by atoms with Gasteiger partial charge in [0, 0.05) is 6.42 Å². The molecule has 0 saturated carbocycles. The van der Waals surface area contributed by atoms with Crippen molar-refractivity contribution in [3.05, 3.63) is 48.6 Å². The first kappa shape index (κ1) is 63.5. The standard InChI is InChI=1S/C56H107N2O6P/c1-6-8-10-12-14-16-18-19-20-21-22-23-24-25-26-27-28-29-30-31-32-33-34-35-36-37-38-40-42-44-46-48-50-56(60)57-54(53-64-65(61,62)63-52-51-58(3,4)5)55(59)49-47-45-43-41-39-17-15-13-11-9-7-2/h11,13,25-26,39,41,47,49,54-55,59H,6-10,12,14-24,27-38,40,42-46,48,50-53H2,1-5H3,(H-,57,60,61,62)/b13-11+,26-25-,41-39+,49-47+. The number of likely N-dealkylation sites (N-methyl/N-ethyl adjacent to an activating group) is 1. The molecule has 0 aromatic heterocycles. The normalized spacial score (nSPS) is 14.4. The number of unbranched alkanes of at least 4 members (excludes halogenated alkanes) is 31. The summed E-state index contributed by atoms with van der Waals surface area (Å²) in [5.41, 5.74) is 0. The Bertz CT molecular complexity index is 1200. The molecule has 3 unspecified atom stereocenters. The predicted octanol–water partition coefficient (Wildman–Crippen LogP) is 15.7. The molecule has 8 nitrogen and oxygen atoms in total. The van der Waals surface area contributed by atoms with Crippen LogP contribution in [0.4, 0.5) is 0 Å². The summed E-state index contributed by atoms with van der Waals surface area (Å²) in [6, 6.07) is -0.908. The van der Waals surface area contributed by atoms with Crippen LogP contribution in [0.1, 0.15) is 251 Å². The molecule has 65 heavy (non-hydrogen) atoms. The molecule has 3 atom stereocenters. The Kier molecular flexibility index (Phi) is 46.4. The molecule has 1 amide bonds. The van der Waals surface area contributed by atoms with Crippen LogP contribution >= 0.6 is 7.82 Å². The van der Waals surface area contributed by atoms with Crippen molar-refractivity contribution in [1.29, 1.82) is 0 Å². The first-order chi connectivity index (χ1) is 31.5. The van der Waals surface area contributed by atoms with E-state index in [0.717, 1.165) is 51.4 Å². The Morgan fingerprint density at radius 2 is 0.892 bits per heavy atom. The number of allylic oxidation sites excluding steroid dienone is 7. The van der Waals surface area contributed by atoms with Gasteiger partial charge in [-0.2, -0.15) is 0 Å². The molecule has 9 heteroatoms. The molecular weight excluding hydrogens is 828 g/mol. The zero-order valence-electron chi connectivity index (χ0n) is 43.4. The summed E-state index contributed by atoms with van der Waals surface area (Å²) >= 11 is 0. The highest BCUT2D eigenvalue weighted by Crippen LogP contribution is 2.38. The molecule has 0 saturated heterocycles. The summed E-state index contributed by atoms with van der Waals surface area (Å²) in [5, 5.41) is 13.8. The van der Waals surface area contributed by atoms with Gasteiger partial charge < -0.3 is 28.8 Å². The third kappa shape index (κ3) is 50.2. The number of nitrogens with one attached hydrogen (secondary N) is 1. The second kappa shape index (κ2) is 47.5. The molecule has 0 radical (unpaired) electrons. The summed E-state index contributed by atoms with van der Waals surface area (Å²) in [5.74, 6) is -0.211. The second-order valence-corrected chi connectivity index (χ2v) is 21.3. The fourth-order valence-corrected chi connectivity index (χ4v) is 8.62. The number of quaternary nitrogens is 1. The van der Waals surface area contributed by atoms with Gasteiger partial charge in [-0.3, -0.25) is 9.36 Å². The van der Waals surface area contributed by atoms with E-state index in [0.29, 0.717) is 17.4 Å². The minimum atomic E-state index is -4.60. The zero-order valence-corrected chi connectivity index (χ0v) is 44.3. The van der Waals surface area contributed by atoms with Gasteiger partial charge in [0.2, 0.25) is 5.91 Å². The predicted molar refractivity (Wildman–Crippen MR) is 279 cm³/mol. The van der Waals surface area contributed by atoms with Crippen molar-refractivity contribution in [3.63, 3.8) is 0 Å². The Morgan fingerprint density at radius 1 is 0.523 bits per heavy atom. The van der Waals surface area contributed by atoms with E-state index in [4.69, 9.17) is 9.05 Å². The fraction of sp³-hybridized carbons (Fsp3) is 0.839. The Balaban J connectivity index is 4.00. The lowest BCUT2D eigenvalue weighted by Gasteiger charge is -2.29. The van der Waals surface area contributed by atoms with E-state index in [1.165, 1.54) is 180 Å². The van der Waals surface area contributed by atoms with Crippen LogP contribution in [0.3, 0.4) is 0 Å². The molecule has 0 fully saturated rings. The Hall–Kier alpha value is -1.54. The second-order valence-electron chi connectivity index (χ2n) is 19.9. The van der Waals surface area contributed by atoms with Crippen molar-refractivity contribution in [1.82, 2.24) is 5.32 Å². The molecule has 0 heterocycles. The number of amides is 1. The highest BCUT2D eigenvalue weighted by molar-refractivity contribution is 7.45. The van der Waals surface area contributed by atoms with Crippen LogP contribution in [0.2, 0.25) is 0 Å². The van der Waals surface area contributed by atoms with E-state index in [1.54, 1.807) is 6.08 Å². The van der Waals surface area contributed by atoms with Gasteiger partial charge in [-0.05, 0) is 64.2 Å². The van der Waals surface area contributed by atoms with Gasteiger partial charge in [0.05, 0.1) is 39.9 Å². The molecule has 0 rings (SSSR count). The quantitative estimate of drug-likeness (QED) is 0.0272. The molecule has 0 aliphatic heterocycles. The molecule has 0 spiro atoms.